The van der Waals surface area contributed by atoms with Crippen LogP contribution in [-0.4, -0.2) is 27.2 Å². The van der Waals surface area contributed by atoms with Gasteiger partial charge in [-0.1, -0.05) is 0 Å². The van der Waals surface area contributed by atoms with Crippen LogP contribution >= 0.6 is 0 Å². The third-order valence-corrected chi connectivity index (χ3v) is 3.53. The molecule has 0 atom stereocenters. The van der Waals surface area contributed by atoms with Gasteiger partial charge < -0.3 is 10.6 Å². The summed E-state index contributed by atoms with van der Waals surface area (Å²) in [5.74, 6) is -1.08. The second kappa shape index (κ2) is 7.82. The van der Waals surface area contributed by atoms with E-state index in [-0.39, 0.29) is 11.5 Å². The van der Waals surface area contributed by atoms with Crippen molar-refractivity contribution in [3.8, 4) is 0 Å². The number of rotatable bonds is 5. The van der Waals surface area contributed by atoms with Crippen molar-refractivity contribution >= 4 is 28.9 Å². The molecule has 0 aromatic heterocycles. The summed E-state index contributed by atoms with van der Waals surface area (Å²) in [5.41, 5.74) is -1.19. The molecule has 2 rings (SSSR count). The molecular formula is C18H18N4O6. The monoisotopic (exact) mass is 386 g/mol. The maximum absolute atomic E-state index is 12.4. The number of amides is 2. The van der Waals surface area contributed by atoms with E-state index in [2.05, 4.69) is 10.6 Å². The number of hydrogen-bond donors (Lipinski definition) is 2. The summed E-state index contributed by atoms with van der Waals surface area (Å²) in [4.78, 5) is 44.7. The summed E-state index contributed by atoms with van der Waals surface area (Å²) in [6.07, 6.45) is 0. The van der Waals surface area contributed by atoms with Crippen LogP contribution in [0.25, 0.3) is 0 Å². The van der Waals surface area contributed by atoms with E-state index in [9.17, 15) is 29.8 Å². The van der Waals surface area contributed by atoms with E-state index in [0.29, 0.717) is 11.3 Å². The van der Waals surface area contributed by atoms with Crippen molar-refractivity contribution in [1.29, 1.82) is 0 Å². The van der Waals surface area contributed by atoms with Crippen molar-refractivity contribution in [3.05, 3.63) is 73.8 Å². The fourth-order valence-corrected chi connectivity index (χ4v) is 2.29. The van der Waals surface area contributed by atoms with Gasteiger partial charge in [-0.05, 0) is 51.1 Å². The topological polar surface area (TPSA) is 144 Å². The Labute approximate surface area is 159 Å². The Bertz CT molecular complexity index is 948. The maximum Gasteiger partial charge on any atom is 0.289 e. The summed E-state index contributed by atoms with van der Waals surface area (Å²) in [5, 5.41) is 27.2. The third kappa shape index (κ3) is 5.10. The quantitative estimate of drug-likeness (QED) is 0.596. The molecule has 0 unspecified atom stereocenters. The van der Waals surface area contributed by atoms with Crippen LogP contribution in [0.5, 0.6) is 0 Å². The molecule has 146 valence electrons. The molecule has 2 aromatic carbocycles. The van der Waals surface area contributed by atoms with Crippen LogP contribution in [-0.2, 0) is 0 Å². The molecule has 2 N–H and O–H groups in total. The Kier molecular flexibility index (Phi) is 5.73. The molecule has 0 aliphatic carbocycles. The van der Waals surface area contributed by atoms with Crippen molar-refractivity contribution < 1.29 is 19.4 Å². The van der Waals surface area contributed by atoms with Gasteiger partial charge in [-0.3, -0.25) is 29.8 Å². The molecule has 0 spiro atoms. The Morgan fingerprint density at radius 2 is 1.50 bits per heavy atom. The second-order valence-corrected chi connectivity index (χ2v) is 6.95. The Morgan fingerprint density at radius 1 is 0.893 bits per heavy atom. The summed E-state index contributed by atoms with van der Waals surface area (Å²) < 4.78 is 0. The first-order chi connectivity index (χ1) is 13.0. The Morgan fingerprint density at radius 3 is 2.00 bits per heavy atom. The lowest BCUT2D eigenvalue weighted by atomic mass is 10.1. The molecule has 0 saturated carbocycles. The summed E-state index contributed by atoms with van der Waals surface area (Å²) in [6, 6.07) is 8.73. The lowest BCUT2D eigenvalue weighted by Crippen LogP contribution is -2.40. The molecular weight excluding hydrogens is 368 g/mol. The number of carbonyl (C=O) groups excluding carboxylic acids is 2. The van der Waals surface area contributed by atoms with Crippen molar-refractivity contribution in [1.82, 2.24) is 5.32 Å². The van der Waals surface area contributed by atoms with Crippen LogP contribution in [0.4, 0.5) is 17.1 Å². The van der Waals surface area contributed by atoms with Gasteiger partial charge in [-0.15, -0.1) is 0 Å². The molecule has 28 heavy (non-hydrogen) atoms. The zero-order valence-electron chi connectivity index (χ0n) is 15.4. The number of benzene rings is 2. The third-order valence-electron chi connectivity index (χ3n) is 3.53. The number of non-ortho nitro benzene ring substituents is 1. The Balaban J connectivity index is 2.20. The standard InChI is InChI=1S/C18H18N4O6/c1-18(2,3)20-16(23)11-4-6-12(7-5-11)19-17(24)14-9-8-13(21(25)26)10-15(14)22(27)28/h4-10H,1-3H3,(H,19,24)(H,20,23). The molecule has 10 nitrogen and oxygen atoms in total. The normalized spacial score (nSPS) is 10.8. The lowest BCUT2D eigenvalue weighted by molar-refractivity contribution is -0.394. The molecule has 0 fully saturated rings. The molecule has 0 aliphatic rings. The second-order valence-electron chi connectivity index (χ2n) is 6.95. The minimum absolute atomic E-state index is 0.281. The minimum atomic E-state index is -0.859. The van der Waals surface area contributed by atoms with E-state index in [1.807, 2.05) is 20.8 Å². The highest BCUT2D eigenvalue weighted by atomic mass is 16.6. The highest BCUT2D eigenvalue weighted by Crippen LogP contribution is 2.25. The van der Waals surface area contributed by atoms with E-state index in [0.717, 1.165) is 18.2 Å². The van der Waals surface area contributed by atoms with Crippen LogP contribution in [0.15, 0.2) is 42.5 Å². The van der Waals surface area contributed by atoms with Crippen molar-refractivity contribution in [2.75, 3.05) is 5.32 Å². The predicted molar refractivity (Wildman–Crippen MR) is 101 cm³/mol. The number of anilines is 1. The number of hydrogen-bond acceptors (Lipinski definition) is 6. The number of nitro groups is 2. The van der Waals surface area contributed by atoms with Crippen LogP contribution in [0.2, 0.25) is 0 Å². The molecule has 2 aromatic rings. The maximum atomic E-state index is 12.4. The van der Waals surface area contributed by atoms with Crippen LogP contribution < -0.4 is 10.6 Å². The molecule has 2 amide bonds. The van der Waals surface area contributed by atoms with Crippen LogP contribution in [0.3, 0.4) is 0 Å². The van der Waals surface area contributed by atoms with Gasteiger partial charge in [-0.25, -0.2) is 0 Å². The summed E-state index contributed by atoms with van der Waals surface area (Å²) in [7, 11) is 0. The van der Waals surface area contributed by atoms with Gasteiger partial charge in [0.1, 0.15) is 5.56 Å². The Hall–Kier alpha value is -3.82. The molecule has 0 radical (unpaired) electrons. The molecule has 0 bridgehead atoms. The number of nitro benzene ring substituents is 2. The average Bonchev–Trinajstić information content (AvgIpc) is 2.60. The number of nitrogens with one attached hydrogen (secondary N) is 2. The van der Waals surface area contributed by atoms with Gasteiger partial charge in [0.2, 0.25) is 0 Å². The van der Waals surface area contributed by atoms with Gasteiger partial charge in [-0.2, -0.15) is 0 Å². The minimum Gasteiger partial charge on any atom is -0.347 e. The smallest absolute Gasteiger partial charge is 0.289 e. The zero-order chi connectivity index (χ0) is 21.1. The summed E-state index contributed by atoms with van der Waals surface area (Å²) >= 11 is 0. The fraction of sp³-hybridized carbons (Fsp3) is 0.222. The predicted octanol–water partition coefficient (Wildman–Crippen LogP) is 3.28. The van der Waals surface area contributed by atoms with Gasteiger partial charge in [0, 0.05) is 22.9 Å². The SMILES string of the molecule is CC(C)(C)NC(=O)c1ccc(NC(=O)c2ccc([N+](=O)[O-])cc2[N+](=O)[O-])cc1. The largest absolute Gasteiger partial charge is 0.347 e. The molecule has 0 aliphatic heterocycles. The first kappa shape index (κ1) is 20.5. The average molecular weight is 386 g/mol. The highest BCUT2D eigenvalue weighted by molar-refractivity contribution is 6.07. The summed E-state index contributed by atoms with van der Waals surface area (Å²) in [6.45, 7) is 5.53. The van der Waals surface area contributed by atoms with E-state index >= 15 is 0 Å². The van der Waals surface area contributed by atoms with E-state index in [4.69, 9.17) is 0 Å². The van der Waals surface area contributed by atoms with Crippen molar-refractivity contribution in [2.24, 2.45) is 0 Å². The van der Waals surface area contributed by atoms with Crippen LogP contribution in [0, 0.1) is 20.2 Å². The van der Waals surface area contributed by atoms with E-state index in [1.165, 1.54) is 24.3 Å². The van der Waals surface area contributed by atoms with Crippen molar-refractivity contribution in [3.63, 3.8) is 0 Å². The molecule has 10 heteroatoms. The first-order valence-corrected chi connectivity index (χ1v) is 8.15. The van der Waals surface area contributed by atoms with Gasteiger partial charge >= 0.3 is 0 Å². The highest BCUT2D eigenvalue weighted by Gasteiger charge is 2.24. The van der Waals surface area contributed by atoms with Crippen LogP contribution in [0.1, 0.15) is 41.5 Å². The van der Waals surface area contributed by atoms with E-state index in [1.54, 1.807) is 0 Å². The van der Waals surface area contributed by atoms with Gasteiger partial charge in [0.25, 0.3) is 23.2 Å². The molecule has 0 saturated heterocycles. The zero-order valence-corrected chi connectivity index (χ0v) is 15.4. The fourth-order valence-electron chi connectivity index (χ4n) is 2.29. The molecule has 0 heterocycles. The lowest BCUT2D eigenvalue weighted by Gasteiger charge is -2.20. The number of carbonyl (C=O) groups is 2. The van der Waals surface area contributed by atoms with Gasteiger partial charge in [0.15, 0.2) is 0 Å². The van der Waals surface area contributed by atoms with E-state index < -0.39 is 32.7 Å². The van der Waals surface area contributed by atoms with Gasteiger partial charge in [0.05, 0.1) is 15.9 Å². The first-order valence-electron chi connectivity index (χ1n) is 8.15. The van der Waals surface area contributed by atoms with Crippen molar-refractivity contribution in [2.45, 2.75) is 26.3 Å². The number of nitrogens with zero attached hydrogens (tertiary/aromatic N) is 2.